The van der Waals surface area contributed by atoms with Crippen LogP contribution >= 0.6 is 0 Å². The molecule has 0 aliphatic carbocycles. The van der Waals surface area contributed by atoms with Gasteiger partial charge in [-0.05, 0) is 36.5 Å². The number of aromatic nitrogens is 2. The monoisotopic (exact) mass is 328 g/mol. The number of halogens is 1. The van der Waals surface area contributed by atoms with E-state index in [0.29, 0.717) is 18.1 Å². The first kappa shape index (κ1) is 16.4. The van der Waals surface area contributed by atoms with Crippen LogP contribution in [0, 0.1) is 11.7 Å². The molecular formula is C18H21FN4O. The highest BCUT2D eigenvalue weighted by atomic mass is 19.1. The SMILES string of the molecule is CC1CCN(c2ncc(C(=O)NCc3ccc(F)cc3)cn2)CC1. The highest BCUT2D eigenvalue weighted by Gasteiger charge is 2.18. The summed E-state index contributed by atoms with van der Waals surface area (Å²) < 4.78 is 12.9. The normalized spacial score (nSPS) is 15.3. The molecule has 1 saturated heterocycles. The van der Waals surface area contributed by atoms with E-state index in [4.69, 9.17) is 0 Å². The van der Waals surface area contributed by atoms with E-state index in [0.717, 1.165) is 37.4 Å². The molecule has 6 heteroatoms. The van der Waals surface area contributed by atoms with Crippen LogP contribution in [0.5, 0.6) is 0 Å². The van der Waals surface area contributed by atoms with Gasteiger partial charge in [0.2, 0.25) is 5.95 Å². The summed E-state index contributed by atoms with van der Waals surface area (Å²) in [6, 6.07) is 6.04. The molecule has 1 amide bonds. The Morgan fingerprint density at radius 1 is 1.21 bits per heavy atom. The summed E-state index contributed by atoms with van der Waals surface area (Å²) in [6.45, 7) is 4.51. The molecule has 1 fully saturated rings. The highest BCUT2D eigenvalue weighted by Crippen LogP contribution is 2.19. The van der Waals surface area contributed by atoms with Crippen molar-refractivity contribution in [3.63, 3.8) is 0 Å². The van der Waals surface area contributed by atoms with E-state index in [2.05, 4.69) is 27.1 Å². The van der Waals surface area contributed by atoms with Crippen LogP contribution < -0.4 is 10.2 Å². The average molecular weight is 328 g/mol. The molecule has 0 bridgehead atoms. The van der Waals surface area contributed by atoms with Crippen LogP contribution in [-0.2, 0) is 6.54 Å². The smallest absolute Gasteiger partial charge is 0.254 e. The van der Waals surface area contributed by atoms with Crippen LogP contribution in [0.25, 0.3) is 0 Å². The third-order valence-electron chi connectivity index (χ3n) is 4.33. The van der Waals surface area contributed by atoms with Crippen molar-refractivity contribution in [2.45, 2.75) is 26.3 Å². The summed E-state index contributed by atoms with van der Waals surface area (Å²) in [5.74, 6) is 0.897. The Bertz CT molecular complexity index is 679. The van der Waals surface area contributed by atoms with Gasteiger partial charge in [0, 0.05) is 32.0 Å². The second-order valence-corrected chi connectivity index (χ2v) is 6.25. The first-order valence-corrected chi connectivity index (χ1v) is 8.21. The summed E-state index contributed by atoms with van der Waals surface area (Å²) in [5.41, 5.74) is 1.26. The number of carbonyl (C=O) groups excluding carboxylic acids is 1. The van der Waals surface area contributed by atoms with Gasteiger partial charge in [0.1, 0.15) is 5.82 Å². The minimum Gasteiger partial charge on any atom is -0.348 e. The van der Waals surface area contributed by atoms with Gasteiger partial charge in [-0.25, -0.2) is 14.4 Å². The van der Waals surface area contributed by atoms with Crippen molar-refractivity contribution in [1.82, 2.24) is 15.3 Å². The molecule has 3 rings (SSSR count). The van der Waals surface area contributed by atoms with E-state index >= 15 is 0 Å². The van der Waals surface area contributed by atoms with Gasteiger partial charge in [-0.3, -0.25) is 4.79 Å². The minimum absolute atomic E-state index is 0.238. The number of piperidine rings is 1. The molecule has 1 aromatic carbocycles. The van der Waals surface area contributed by atoms with Crippen LogP contribution in [0.1, 0.15) is 35.7 Å². The van der Waals surface area contributed by atoms with Crippen LogP contribution in [0.15, 0.2) is 36.7 Å². The van der Waals surface area contributed by atoms with Gasteiger partial charge in [0.15, 0.2) is 0 Å². The van der Waals surface area contributed by atoms with Gasteiger partial charge in [0.25, 0.3) is 5.91 Å². The fourth-order valence-electron chi connectivity index (χ4n) is 2.70. The van der Waals surface area contributed by atoms with Crippen LogP contribution in [0.2, 0.25) is 0 Å². The zero-order chi connectivity index (χ0) is 16.9. The maximum atomic E-state index is 12.9. The third kappa shape index (κ3) is 4.07. The molecule has 1 N–H and O–H groups in total. The zero-order valence-corrected chi connectivity index (χ0v) is 13.7. The molecule has 24 heavy (non-hydrogen) atoms. The van der Waals surface area contributed by atoms with Gasteiger partial charge in [-0.15, -0.1) is 0 Å². The third-order valence-corrected chi connectivity index (χ3v) is 4.33. The van der Waals surface area contributed by atoms with Crippen molar-refractivity contribution in [2.75, 3.05) is 18.0 Å². The Balaban J connectivity index is 1.56. The minimum atomic E-state index is -0.291. The Labute approximate surface area is 140 Å². The van der Waals surface area contributed by atoms with Crippen molar-refractivity contribution >= 4 is 11.9 Å². The van der Waals surface area contributed by atoms with Crippen molar-refractivity contribution in [3.8, 4) is 0 Å². The van der Waals surface area contributed by atoms with Gasteiger partial charge < -0.3 is 10.2 Å². The number of benzene rings is 1. The highest BCUT2D eigenvalue weighted by molar-refractivity contribution is 5.93. The Morgan fingerprint density at radius 2 is 1.83 bits per heavy atom. The van der Waals surface area contributed by atoms with Gasteiger partial charge in [0.05, 0.1) is 5.56 Å². The fourth-order valence-corrected chi connectivity index (χ4v) is 2.70. The van der Waals surface area contributed by atoms with E-state index in [1.165, 1.54) is 12.1 Å². The second-order valence-electron chi connectivity index (χ2n) is 6.25. The maximum Gasteiger partial charge on any atom is 0.254 e. The predicted octanol–water partition coefficient (Wildman–Crippen LogP) is 2.78. The fraction of sp³-hybridized carbons (Fsp3) is 0.389. The predicted molar refractivity (Wildman–Crippen MR) is 90.2 cm³/mol. The molecule has 1 aliphatic heterocycles. The van der Waals surface area contributed by atoms with Crippen LogP contribution in [0.4, 0.5) is 10.3 Å². The van der Waals surface area contributed by atoms with Crippen LogP contribution in [-0.4, -0.2) is 29.0 Å². The molecule has 1 aliphatic rings. The standard InChI is InChI=1S/C18H21FN4O/c1-13-6-8-23(9-7-13)18-21-11-15(12-22-18)17(24)20-10-14-2-4-16(19)5-3-14/h2-5,11-13H,6-10H2,1H3,(H,20,24). The van der Waals surface area contributed by atoms with E-state index in [-0.39, 0.29) is 11.7 Å². The lowest BCUT2D eigenvalue weighted by atomic mass is 10.00. The summed E-state index contributed by atoms with van der Waals surface area (Å²) >= 11 is 0. The van der Waals surface area contributed by atoms with Crippen molar-refractivity contribution in [1.29, 1.82) is 0 Å². The maximum absolute atomic E-state index is 12.9. The largest absolute Gasteiger partial charge is 0.348 e. The van der Waals surface area contributed by atoms with E-state index in [9.17, 15) is 9.18 Å². The summed E-state index contributed by atoms with van der Waals surface area (Å²) in [7, 11) is 0. The number of rotatable bonds is 4. The van der Waals surface area contributed by atoms with E-state index in [1.54, 1.807) is 24.5 Å². The second kappa shape index (κ2) is 7.38. The topological polar surface area (TPSA) is 58.1 Å². The van der Waals surface area contributed by atoms with Gasteiger partial charge in [-0.1, -0.05) is 19.1 Å². The van der Waals surface area contributed by atoms with Crippen LogP contribution in [0.3, 0.4) is 0 Å². The summed E-state index contributed by atoms with van der Waals surface area (Å²) in [5, 5.41) is 2.78. The quantitative estimate of drug-likeness (QED) is 0.937. The molecule has 0 radical (unpaired) electrons. The lowest BCUT2D eigenvalue weighted by Gasteiger charge is -2.30. The Kier molecular flexibility index (Phi) is 5.03. The molecule has 0 atom stereocenters. The number of hydrogen-bond donors (Lipinski definition) is 1. The van der Waals surface area contributed by atoms with Crippen molar-refractivity contribution in [3.05, 3.63) is 53.6 Å². The molecule has 0 saturated carbocycles. The molecule has 0 spiro atoms. The van der Waals surface area contributed by atoms with Crippen molar-refractivity contribution < 1.29 is 9.18 Å². The molecule has 1 aromatic heterocycles. The number of anilines is 1. The summed E-state index contributed by atoms with van der Waals surface area (Å²) in [4.78, 5) is 22.9. The lowest BCUT2D eigenvalue weighted by Crippen LogP contribution is -2.34. The first-order valence-electron chi connectivity index (χ1n) is 8.21. The van der Waals surface area contributed by atoms with Gasteiger partial charge >= 0.3 is 0 Å². The number of amides is 1. The number of nitrogens with one attached hydrogen (secondary N) is 1. The Hall–Kier alpha value is -2.50. The average Bonchev–Trinajstić information content (AvgIpc) is 2.62. The molecule has 0 unspecified atom stereocenters. The number of carbonyl (C=O) groups is 1. The lowest BCUT2D eigenvalue weighted by molar-refractivity contribution is 0.0950. The molecule has 2 heterocycles. The zero-order valence-electron chi connectivity index (χ0n) is 13.7. The first-order chi connectivity index (χ1) is 11.6. The van der Waals surface area contributed by atoms with E-state index < -0.39 is 0 Å². The van der Waals surface area contributed by atoms with Crippen molar-refractivity contribution in [2.24, 2.45) is 5.92 Å². The molecular weight excluding hydrogens is 307 g/mol. The number of nitrogens with zero attached hydrogens (tertiary/aromatic N) is 3. The van der Waals surface area contributed by atoms with E-state index in [1.807, 2.05) is 0 Å². The summed E-state index contributed by atoms with van der Waals surface area (Å²) in [6.07, 6.45) is 5.40. The molecule has 2 aromatic rings. The molecule has 126 valence electrons. The molecule has 5 nitrogen and oxygen atoms in total. The number of hydrogen-bond acceptors (Lipinski definition) is 4. The van der Waals surface area contributed by atoms with Gasteiger partial charge in [-0.2, -0.15) is 0 Å². The Morgan fingerprint density at radius 3 is 2.46 bits per heavy atom.